The van der Waals surface area contributed by atoms with Crippen LogP contribution in [0, 0.1) is 13.0 Å². The maximum Gasteiger partial charge on any atom is -0.00265 e. The summed E-state index contributed by atoms with van der Waals surface area (Å²) in [4.78, 5) is 0. The van der Waals surface area contributed by atoms with E-state index in [2.05, 4.69) is 49.4 Å². The summed E-state index contributed by atoms with van der Waals surface area (Å²) in [6.07, 6.45) is 0. The van der Waals surface area contributed by atoms with E-state index in [1.165, 1.54) is 27.1 Å². The van der Waals surface area contributed by atoms with Gasteiger partial charge in [0.1, 0.15) is 0 Å². The van der Waals surface area contributed by atoms with Crippen molar-refractivity contribution in [3.63, 3.8) is 0 Å². The van der Waals surface area contributed by atoms with Crippen LogP contribution >= 0.6 is 0 Å². The Bertz CT molecular complexity index is 636. The fourth-order valence-electron chi connectivity index (χ4n) is 2.12. The molecule has 3 aromatic carbocycles. The molecule has 0 aromatic heterocycles. The molecule has 3 rings (SSSR count). The third kappa shape index (κ3) is 1.22. The van der Waals surface area contributed by atoms with Crippen LogP contribution in [0.4, 0.5) is 0 Å². The summed E-state index contributed by atoms with van der Waals surface area (Å²) in [5, 5.41) is 5.11. The number of hydrogen-bond acceptors (Lipinski definition) is 0. The zero-order chi connectivity index (χ0) is 10.3. The van der Waals surface area contributed by atoms with Gasteiger partial charge in [-0.05, 0) is 40.1 Å². The molecule has 0 atom stereocenters. The van der Waals surface area contributed by atoms with E-state index in [4.69, 9.17) is 0 Å². The van der Waals surface area contributed by atoms with Crippen molar-refractivity contribution in [2.45, 2.75) is 6.92 Å². The molecule has 0 spiro atoms. The predicted octanol–water partition coefficient (Wildman–Crippen LogP) is 4.10. The monoisotopic (exact) mass is 191 g/mol. The quantitative estimate of drug-likeness (QED) is 0.469. The van der Waals surface area contributed by atoms with Crippen LogP contribution in [0.15, 0.2) is 48.5 Å². The summed E-state index contributed by atoms with van der Waals surface area (Å²) in [6, 6.07) is 20.3. The highest BCUT2D eigenvalue weighted by Gasteiger charge is 2.00. The lowest BCUT2D eigenvalue weighted by Gasteiger charge is -2.05. The highest BCUT2D eigenvalue weighted by Crippen LogP contribution is 2.26. The number of fused-ring (bicyclic) bond motifs is 3. The first-order valence-corrected chi connectivity index (χ1v) is 5.15. The van der Waals surface area contributed by atoms with Crippen LogP contribution in [-0.2, 0) is 0 Å². The Labute approximate surface area is 89.2 Å². The minimum absolute atomic E-state index is 1.22. The van der Waals surface area contributed by atoms with Gasteiger partial charge in [0.05, 0.1) is 0 Å². The first kappa shape index (κ1) is 8.49. The van der Waals surface area contributed by atoms with Crippen molar-refractivity contribution in [1.82, 2.24) is 0 Å². The third-order valence-corrected chi connectivity index (χ3v) is 2.91. The van der Waals surface area contributed by atoms with Gasteiger partial charge in [-0.3, -0.25) is 0 Å². The van der Waals surface area contributed by atoms with E-state index in [9.17, 15) is 0 Å². The van der Waals surface area contributed by atoms with Crippen LogP contribution in [0.1, 0.15) is 5.56 Å². The van der Waals surface area contributed by atoms with Crippen molar-refractivity contribution in [2.75, 3.05) is 0 Å². The Morgan fingerprint density at radius 3 is 2.73 bits per heavy atom. The summed E-state index contributed by atoms with van der Waals surface area (Å²) in [5.41, 5.74) is 1.33. The van der Waals surface area contributed by atoms with E-state index in [1.54, 1.807) is 0 Å². The normalized spacial score (nSPS) is 11.0. The number of hydrogen-bond donors (Lipinski definition) is 0. The lowest BCUT2D eigenvalue weighted by molar-refractivity contribution is 1.54. The number of rotatable bonds is 0. The summed E-state index contributed by atoms with van der Waals surface area (Å²) < 4.78 is 0. The van der Waals surface area contributed by atoms with Crippen LogP contribution in [0.5, 0.6) is 0 Å². The number of benzene rings is 3. The maximum absolute atomic E-state index is 3.32. The fraction of sp³-hybridized carbons (Fsp3) is 0.0667. The van der Waals surface area contributed by atoms with Crippen LogP contribution < -0.4 is 0 Å². The van der Waals surface area contributed by atoms with E-state index in [0.29, 0.717) is 0 Å². The van der Waals surface area contributed by atoms with Crippen molar-refractivity contribution >= 4 is 21.5 Å². The summed E-state index contributed by atoms with van der Waals surface area (Å²) in [5.74, 6) is 0. The Hall–Kier alpha value is -1.82. The summed E-state index contributed by atoms with van der Waals surface area (Å²) in [6.45, 7) is 2.15. The molecule has 0 aliphatic heterocycles. The Morgan fingerprint density at radius 1 is 0.867 bits per heavy atom. The van der Waals surface area contributed by atoms with E-state index in [1.807, 2.05) is 12.1 Å². The second-order valence-corrected chi connectivity index (χ2v) is 3.87. The molecule has 0 heterocycles. The molecule has 0 aliphatic rings. The van der Waals surface area contributed by atoms with Crippen molar-refractivity contribution < 1.29 is 0 Å². The second-order valence-electron chi connectivity index (χ2n) is 3.87. The maximum atomic E-state index is 3.32. The second kappa shape index (κ2) is 3.09. The molecule has 0 unspecified atom stereocenters. The molecule has 1 radical (unpaired) electrons. The van der Waals surface area contributed by atoms with Crippen LogP contribution in [-0.4, -0.2) is 0 Å². The first-order valence-electron chi connectivity index (χ1n) is 5.15. The molecule has 0 nitrogen and oxygen atoms in total. The molecule has 0 fully saturated rings. The average molecular weight is 191 g/mol. The number of aryl methyl sites for hydroxylation is 1. The predicted molar refractivity (Wildman–Crippen MR) is 65.0 cm³/mol. The van der Waals surface area contributed by atoms with Crippen LogP contribution in [0.3, 0.4) is 0 Å². The zero-order valence-electron chi connectivity index (χ0n) is 8.62. The molecular formula is C15H11. The summed E-state index contributed by atoms with van der Waals surface area (Å²) >= 11 is 0. The van der Waals surface area contributed by atoms with Crippen molar-refractivity contribution in [2.24, 2.45) is 0 Å². The average Bonchev–Trinajstić information content (AvgIpc) is 2.29. The van der Waals surface area contributed by atoms with Gasteiger partial charge < -0.3 is 0 Å². The van der Waals surface area contributed by atoms with Crippen molar-refractivity contribution in [3.05, 3.63) is 60.2 Å². The Kier molecular flexibility index (Phi) is 1.75. The van der Waals surface area contributed by atoms with Gasteiger partial charge in [0.2, 0.25) is 0 Å². The molecule has 3 aromatic rings. The molecule has 0 saturated heterocycles. The van der Waals surface area contributed by atoms with E-state index < -0.39 is 0 Å². The standard InChI is InChI=1S/C15H11/c1-11-5-4-8-15-13(11)10-9-12-6-2-3-7-14(12)15/h2-6,8-10H,1H3. The van der Waals surface area contributed by atoms with Crippen molar-refractivity contribution in [1.29, 1.82) is 0 Å². The lowest BCUT2D eigenvalue weighted by atomic mass is 9.99. The minimum Gasteiger partial charge on any atom is -0.0613 e. The van der Waals surface area contributed by atoms with E-state index in [0.717, 1.165) is 0 Å². The van der Waals surface area contributed by atoms with E-state index >= 15 is 0 Å². The Balaban J connectivity index is 2.60. The van der Waals surface area contributed by atoms with Gasteiger partial charge in [-0.15, -0.1) is 0 Å². The largest absolute Gasteiger partial charge is 0.0613 e. The highest BCUT2D eigenvalue weighted by molar-refractivity contribution is 6.07. The molecule has 0 aliphatic carbocycles. The van der Waals surface area contributed by atoms with Gasteiger partial charge in [0.15, 0.2) is 0 Å². The topological polar surface area (TPSA) is 0 Å². The van der Waals surface area contributed by atoms with E-state index in [-0.39, 0.29) is 0 Å². The smallest absolute Gasteiger partial charge is 0.00265 e. The van der Waals surface area contributed by atoms with Crippen LogP contribution in [0.2, 0.25) is 0 Å². The van der Waals surface area contributed by atoms with Gasteiger partial charge >= 0.3 is 0 Å². The summed E-state index contributed by atoms with van der Waals surface area (Å²) in [7, 11) is 0. The lowest BCUT2D eigenvalue weighted by Crippen LogP contribution is -1.80. The molecule has 0 amide bonds. The third-order valence-electron chi connectivity index (χ3n) is 2.91. The minimum atomic E-state index is 1.22. The van der Waals surface area contributed by atoms with Gasteiger partial charge in [-0.1, -0.05) is 48.5 Å². The van der Waals surface area contributed by atoms with Gasteiger partial charge in [-0.2, -0.15) is 0 Å². The molecular weight excluding hydrogens is 180 g/mol. The molecule has 71 valence electrons. The van der Waals surface area contributed by atoms with Gasteiger partial charge in [0.25, 0.3) is 0 Å². The molecule has 0 saturated carbocycles. The Morgan fingerprint density at radius 2 is 1.80 bits per heavy atom. The van der Waals surface area contributed by atoms with Gasteiger partial charge in [0, 0.05) is 0 Å². The highest BCUT2D eigenvalue weighted by atomic mass is 14.0. The molecule has 0 bridgehead atoms. The van der Waals surface area contributed by atoms with Crippen LogP contribution in [0.25, 0.3) is 21.5 Å². The molecule has 15 heavy (non-hydrogen) atoms. The molecule has 0 N–H and O–H groups in total. The first-order chi connectivity index (χ1) is 7.36. The SMILES string of the molecule is Cc1cccc2c1ccc1ccc[c]c12. The zero-order valence-corrected chi connectivity index (χ0v) is 8.62. The van der Waals surface area contributed by atoms with Gasteiger partial charge in [-0.25, -0.2) is 0 Å². The van der Waals surface area contributed by atoms with Crippen molar-refractivity contribution in [3.8, 4) is 0 Å². The fourth-order valence-corrected chi connectivity index (χ4v) is 2.12. The molecule has 0 heteroatoms.